The van der Waals surface area contributed by atoms with Crippen LogP contribution in [-0.2, 0) is 6.54 Å². The quantitative estimate of drug-likeness (QED) is 0.770. The second-order valence-corrected chi connectivity index (χ2v) is 5.15. The molecule has 2 aromatic carbocycles. The number of aromatic nitrogens is 2. The van der Waals surface area contributed by atoms with Gasteiger partial charge in [0.2, 0.25) is 0 Å². The van der Waals surface area contributed by atoms with Gasteiger partial charge in [-0.05, 0) is 30.2 Å². The zero-order valence-corrected chi connectivity index (χ0v) is 12.1. The van der Waals surface area contributed by atoms with Gasteiger partial charge in [-0.3, -0.25) is 0 Å². The van der Waals surface area contributed by atoms with E-state index in [0.717, 1.165) is 12.2 Å². The molecule has 0 bridgehead atoms. The maximum absolute atomic E-state index is 4.06. The molecule has 1 atom stereocenters. The highest BCUT2D eigenvalue weighted by Gasteiger charge is 2.04. The zero-order valence-electron chi connectivity index (χ0n) is 12.1. The van der Waals surface area contributed by atoms with E-state index in [0.29, 0.717) is 6.04 Å². The molecule has 3 aromatic rings. The number of hydrogen-bond acceptors (Lipinski definition) is 2. The van der Waals surface area contributed by atoms with Crippen molar-refractivity contribution in [2.24, 2.45) is 0 Å². The van der Waals surface area contributed by atoms with Crippen molar-refractivity contribution in [3.8, 4) is 5.69 Å². The van der Waals surface area contributed by atoms with Gasteiger partial charge in [0.15, 0.2) is 0 Å². The third kappa shape index (κ3) is 3.38. The van der Waals surface area contributed by atoms with Crippen LogP contribution in [0, 0.1) is 0 Å². The Kier molecular flexibility index (Phi) is 4.12. The first-order valence-corrected chi connectivity index (χ1v) is 7.18. The molecule has 21 heavy (non-hydrogen) atoms. The lowest BCUT2D eigenvalue weighted by Crippen LogP contribution is -2.17. The summed E-state index contributed by atoms with van der Waals surface area (Å²) in [6.07, 6.45) is 5.55. The van der Waals surface area contributed by atoms with Gasteiger partial charge >= 0.3 is 0 Å². The second kappa shape index (κ2) is 6.37. The minimum Gasteiger partial charge on any atom is -0.306 e. The van der Waals surface area contributed by atoms with Gasteiger partial charge in [-0.25, -0.2) is 4.98 Å². The first-order chi connectivity index (χ1) is 10.3. The average Bonchev–Trinajstić information content (AvgIpc) is 3.08. The topological polar surface area (TPSA) is 29.9 Å². The number of nitrogens with one attached hydrogen (secondary N) is 1. The van der Waals surface area contributed by atoms with Crippen LogP contribution in [0.4, 0.5) is 0 Å². The van der Waals surface area contributed by atoms with Gasteiger partial charge in [0.05, 0.1) is 6.33 Å². The Bertz CT molecular complexity index is 657. The van der Waals surface area contributed by atoms with Crippen LogP contribution in [0.2, 0.25) is 0 Å². The van der Waals surface area contributed by atoms with Gasteiger partial charge < -0.3 is 9.88 Å². The SMILES string of the molecule is CC(NCc1ccc(-n2ccnc2)cc1)c1ccccc1. The van der Waals surface area contributed by atoms with Crippen molar-refractivity contribution < 1.29 is 0 Å². The standard InChI is InChI=1S/C18H19N3/c1-15(17-5-3-2-4-6-17)20-13-16-7-9-18(10-8-16)21-12-11-19-14-21/h2-12,14-15,20H,13H2,1H3. The summed E-state index contributed by atoms with van der Waals surface area (Å²) in [5, 5.41) is 3.55. The average molecular weight is 277 g/mol. The van der Waals surface area contributed by atoms with E-state index in [1.165, 1.54) is 11.1 Å². The summed E-state index contributed by atoms with van der Waals surface area (Å²) in [6.45, 7) is 3.05. The van der Waals surface area contributed by atoms with Crippen molar-refractivity contribution in [1.29, 1.82) is 0 Å². The zero-order chi connectivity index (χ0) is 14.5. The normalized spacial score (nSPS) is 12.2. The smallest absolute Gasteiger partial charge is 0.0991 e. The van der Waals surface area contributed by atoms with Crippen molar-refractivity contribution in [3.05, 3.63) is 84.4 Å². The molecule has 1 N–H and O–H groups in total. The predicted molar refractivity (Wildman–Crippen MR) is 85.3 cm³/mol. The Balaban J connectivity index is 1.61. The van der Waals surface area contributed by atoms with E-state index in [2.05, 4.69) is 65.8 Å². The summed E-state index contributed by atoms with van der Waals surface area (Å²) in [7, 11) is 0. The van der Waals surface area contributed by atoms with E-state index >= 15 is 0 Å². The van der Waals surface area contributed by atoms with E-state index < -0.39 is 0 Å². The van der Waals surface area contributed by atoms with Gasteiger partial charge in [-0.15, -0.1) is 0 Å². The number of nitrogens with zero attached hydrogens (tertiary/aromatic N) is 2. The minimum atomic E-state index is 0.347. The summed E-state index contributed by atoms with van der Waals surface area (Å²) >= 11 is 0. The van der Waals surface area contributed by atoms with E-state index in [4.69, 9.17) is 0 Å². The fourth-order valence-electron chi connectivity index (χ4n) is 2.33. The van der Waals surface area contributed by atoms with Crippen molar-refractivity contribution >= 4 is 0 Å². The molecule has 3 heteroatoms. The van der Waals surface area contributed by atoms with E-state index in [-0.39, 0.29) is 0 Å². The molecule has 1 unspecified atom stereocenters. The van der Waals surface area contributed by atoms with Crippen molar-refractivity contribution in [2.75, 3.05) is 0 Å². The maximum Gasteiger partial charge on any atom is 0.0991 e. The van der Waals surface area contributed by atoms with Gasteiger partial charge in [0.25, 0.3) is 0 Å². The largest absolute Gasteiger partial charge is 0.306 e. The van der Waals surface area contributed by atoms with Crippen LogP contribution in [0.3, 0.4) is 0 Å². The van der Waals surface area contributed by atoms with Crippen LogP contribution < -0.4 is 5.32 Å². The lowest BCUT2D eigenvalue weighted by Gasteiger charge is -2.14. The van der Waals surface area contributed by atoms with Crippen LogP contribution in [0.25, 0.3) is 5.69 Å². The summed E-state index contributed by atoms with van der Waals surface area (Å²) in [5.41, 5.74) is 3.72. The third-order valence-electron chi connectivity index (χ3n) is 3.65. The molecule has 3 rings (SSSR count). The number of benzene rings is 2. The summed E-state index contributed by atoms with van der Waals surface area (Å²) < 4.78 is 2.00. The van der Waals surface area contributed by atoms with E-state index in [1.54, 1.807) is 6.20 Å². The fraction of sp³-hybridized carbons (Fsp3) is 0.167. The monoisotopic (exact) mass is 277 g/mol. The first-order valence-electron chi connectivity index (χ1n) is 7.18. The Morgan fingerprint density at radius 1 is 1.05 bits per heavy atom. The molecular formula is C18H19N3. The van der Waals surface area contributed by atoms with Gasteiger partial charge in [-0.2, -0.15) is 0 Å². The Morgan fingerprint density at radius 3 is 2.48 bits per heavy atom. The highest BCUT2D eigenvalue weighted by molar-refractivity contribution is 5.34. The Labute approximate surface area is 125 Å². The molecule has 0 amide bonds. The molecule has 0 fully saturated rings. The fourth-order valence-corrected chi connectivity index (χ4v) is 2.33. The summed E-state index contributed by atoms with van der Waals surface area (Å²) in [6, 6.07) is 19.4. The van der Waals surface area contributed by atoms with Crippen molar-refractivity contribution in [1.82, 2.24) is 14.9 Å². The molecular weight excluding hydrogens is 258 g/mol. The molecule has 0 saturated carbocycles. The molecule has 0 aliphatic carbocycles. The van der Waals surface area contributed by atoms with Crippen LogP contribution in [0.1, 0.15) is 24.1 Å². The molecule has 1 aromatic heterocycles. The molecule has 0 spiro atoms. The van der Waals surface area contributed by atoms with Crippen LogP contribution in [-0.4, -0.2) is 9.55 Å². The molecule has 0 saturated heterocycles. The number of imidazole rings is 1. The van der Waals surface area contributed by atoms with Crippen LogP contribution >= 0.6 is 0 Å². The van der Waals surface area contributed by atoms with Crippen LogP contribution in [0.15, 0.2) is 73.3 Å². The molecule has 1 heterocycles. The van der Waals surface area contributed by atoms with Gasteiger partial charge in [-0.1, -0.05) is 42.5 Å². The lowest BCUT2D eigenvalue weighted by atomic mass is 10.1. The van der Waals surface area contributed by atoms with Gasteiger partial charge in [0, 0.05) is 30.7 Å². The third-order valence-corrected chi connectivity index (χ3v) is 3.65. The highest BCUT2D eigenvalue weighted by Crippen LogP contribution is 2.13. The molecule has 0 aliphatic rings. The summed E-state index contributed by atoms with van der Waals surface area (Å²) in [4.78, 5) is 4.06. The first kappa shape index (κ1) is 13.6. The molecule has 3 nitrogen and oxygen atoms in total. The molecule has 0 radical (unpaired) electrons. The summed E-state index contributed by atoms with van der Waals surface area (Å²) in [5.74, 6) is 0. The Hall–Kier alpha value is -2.39. The lowest BCUT2D eigenvalue weighted by molar-refractivity contribution is 0.574. The van der Waals surface area contributed by atoms with Crippen molar-refractivity contribution in [2.45, 2.75) is 19.5 Å². The Morgan fingerprint density at radius 2 is 1.81 bits per heavy atom. The number of hydrogen-bond donors (Lipinski definition) is 1. The molecule has 0 aliphatic heterocycles. The van der Waals surface area contributed by atoms with Crippen LogP contribution in [0.5, 0.6) is 0 Å². The predicted octanol–water partition coefficient (Wildman–Crippen LogP) is 3.72. The van der Waals surface area contributed by atoms with E-state index in [1.807, 2.05) is 23.2 Å². The highest BCUT2D eigenvalue weighted by atomic mass is 15.0. The van der Waals surface area contributed by atoms with Gasteiger partial charge in [0.1, 0.15) is 0 Å². The minimum absolute atomic E-state index is 0.347. The second-order valence-electron chi connectivity index (χ2n) is 5.15. The molecule has 106 valence electrons. The number of rotatable bonds is 5. The van der Waals surface area contributed by atoms with Crippen molar-refractivity contribution in [3.63, 3.8) is 0 Å². The maximum atomic E-state index is 4.06. The van der Waals surface area contributed by atoms with E-state index in [9.17, 15) is 0 Å².